The number of hydrogen-bond donors (Lipinski definition) is 1. The Bertz CT molecular complexity index is 545. The molecule has 90 valence electrons. The fraction of sp³-hybridized carbons (Fsp3) is 0.250. The normalized spacial score (nSPS) is 10.6. The third-order valence-electron chi connectivity index (χ3n) is 2.73. The lowest BCUT2D eigenvalue weighted by Crippen LogP contribution is -2.08. The molecule has 0 unspecified atom stereocenters. The lowest BCUT2D eigenvalue weighted by atomic mass is 10.1. The lowest BCUT2D eigenvalue weighted by Gasteiger charge is -2.15. The second-order valence-corrected chi connectivity index (χ2v) is 4.53. The van der Waals surface area contributed by atoms with Gasteiger partial charge < -0.3 is 10.6 Å². The standard InChI is InChI=1S/C12H15ClN4/c1-16(2)11-5-4-8(6-10(11)13)9-7-15-17(3)12(9)14/h4-7H,14H2,1-3H3. The van der Waals surface area contributed by atoms with Crippen LogP contribution in [0.1, 0.15) is 0 Å². The molecule has 0 aliphatic rings. The number of nitrogens with two attached hydrogens (primary N) is 1. The van der Waals surface area contributed by atoms with Crippen LogP contribution in [-0.2, 0) is 7.05 Å². The van der Waals surface area contributed by atoms with Crippen molar-refractivity contribution in [3.63, 3.8) is 0 Å². The quantitative estimate of drug-likeness (QED) is 0.890. The van der Waals surface area contributed by atoms with E-state index in [4.69, 9.17) is 17.3 Å². The van der Waals surface area contributed by atoms with E-state index in [9.17, 15) is 0 Å². The summed E-state index contributed by atoms with van der Waals surface area (Å²) in [5.41, 5.74) is 8.79. The van der Waals surface area contributed by atoms with E-state index >= 15 is 0 Å². The molecule has 0 aliphatic heterocycles. The van der Waals surface area contributed by atoms with Crippen molar-refractivity contribution in [2.75, 3.05) is 24.7 Å². The van der Waals surface area contributed by atoms with Gasteiger partial charge >= 0.3 is 0 Å². The molecule has 17 heavy (non-hydrogen) atoms. The fourth-order valence-corrected chi connectivity index (χ4v) is 2.06. The number of nitrogen functional groups attached to an aromatic ring is 1. The third-order valence-corrected chi connectivity index (χ3v) is 3.03. The molecule has 0 saturated carbocycles. The van der Waals surface area contributed by atoms with Crippen LogP contribution in [0.15, 0.2) is 24.4 Å². The summed E-state index contributed by atoms with van der Waals surface area (Å²) >= 11 is 6.22. The van der Waals surface area contributed by atoms with Gasteiger partial charge in [-0.2, -0.15) is 5.10 Å². The molecule has 5 heteroatoms. The van der Waals surface area contributed by atoms with Gasteiger partial charge in [-0.1, -0.05) is 17.7 Å². The van der Waals surface area contributed by atoms with E-state index < -0.39 is 0 Å². The Hall–Kier alpha value is -1.68. The highest BCUT2D eigenvalue weighted by Gasteiger charge is 2.10. The summed E-state index contributed by atoms with van der Waals surface area (Å²) in [4.78, 5) is 1.97. The maximum atomic E-state index is 6.22. The molecule has 2 N–H and O–H groups in total. The average molecular weight is 251 g/mol. The largest absolute Gasteiger partial charge is 0.383 e. The number of nitrogens with zero attached hydrogens (tertiary/aromatic N) is 3. The molecule has 0 amide bonds. The van der Waals surface area contributed by atoms with Crippen molar-refractivity contribution >= 4 is 23.1 Å². The molecule has 4 nitrogen and oxygen atoms in total. The van der Waals surface area contributed by atoms with Crippen LogP contribution in [0.2, 0.25) is 5.02 Å². The zero-order valence-corrected chi connectivity index (χ0v) is 10.9. The summed E-state index contributed by atoms with van der Waals surface area (Å²) in [5.74, 6) is 0.638. The molecule has 0 fully saturated rings. The monoisotopic (exact) mass is 250 g/mol. The van der Waals surface area contributed by atoms with Crippen LogP contribution in [0, 0.1) is 0 Å². The first-order valence-electron chi connectivity index (χ1n) is 5.25. The van der Waals surface area contributed by atoms with Gasteiger partial charge in [-0.15, -0.1) is 0 Å². The molecule has 0 aliphatic carbocycles. The summed E-state index contributed by atoms with van der Waals surface area (Å²) in [7, 11) is 5.73. The first kappa shape index (κ1) is 11.8. The summed E-state index contributed by atoms with van der Waals surface area (Å²) in [6.45, 7) is 0. The molecule has 0 radical (unpaired) electrons. The molecular formula is C12H15ClN4. The van der Waals surface area contributed by atoms with Gasteiger partial charge in [0.15, 0.2) is 0 Å². The summed E-state index contributed by atoms with van der Waals surface area (Å²) in [6.07, 6.45) is 1.75. The highest BCUT2D eigenvalue weighted by atomic mass is 35.5. The smallest absolute Gasteiger partial charge is 0.129 e. The first-order valence-corrected chi connectivity index (χ1v) is 5.63. The summed E-state index contributed by atoms with van der Waals surface area (Å²) in [6, 6.07) is 5.88. The van der Waals surface area contributed by atoms with Crippen LogP contribution >= 0.6 is 11.6 Å². The van der Waals surface area contributed by atoms with Gasteiger partial charge in [0.05, 0.1) is 16.9 Å². The topological polar surface area (TPSA) is 47.1 Å². The van der Waals surface area contributed by atoms with E-state index in [1.807, 2.05) is 44.2 Å². The number of aryl methyl sites for hydroxylation is 1. The first-order chi connectivity index (χ1) is 8.00. The van der Waals surface area contributed by atoms with Crippen LogP contribution in [0.5, 0.6) is 0 Å². The fourth-order valence-electron chi connectivity index (χ4n) is 1.71. The predicted octanol–water partition coefficient (Wildman–Crippen LogP) is 2.39. The summed E-state index contributed by atoms with van der Waals surface area (Å²) < 4.78 is 1.64. The Balaban J connectivity index is 2.48. The number of anilines is 2. The molecule has 2 aromatic rings. The van der Waals surface area contributed by atoms with Gasteiger partial charge in [0.2, 0.25) is 0 Å². The second kappa shape index (κ2) is 4.30. The number of hydrogen-bond acceptors (Lipinski definition) is 3. The third kappa shape index (κ3) is 2.08. The van der Waals surface area contributed by atoms with Gasteiger partial charge in [0, 0.05) is 26.7 Å². The molecule has 0 atom stereocenters. The summed E-state index contributed by atoms with van der Waals surface area (Å²) in [5, 5.41) is 4.82. The molecule has 1 heterocycles. The van der Waals surface area contributed by atoms with E-state index in [1.165, 1.54) is 0 Å². The maximum Gasteiger partial charge on any atom is 0.129 e. The predicted molar refractivity (Wildman–Crippen MR) is 72.4 cm³/mol. The van der Waals surface area contributed by atoms with E-state index in [0.29, 0.717) is 10.8 Å². The minimum absolute atomic E-state index is 0.638. The Morgan fingerprint density at radius 1 is 1.35 bits per heavy atom. The van der Waals surface area contributed by atoms with Crippen molar-refractivity contribution in [1.82, 2.24) is 9.78 Å². The van der Waals surface area contributed by atoms with Crippen molar-refractivity contribution in [3.8, 4) is 11.1 Å². The van der Waals surface area contributed by atoms with Crippen LogP contribution in [0.3, 0.4) is 0 Å². The van der Waals surface area contributed by atoms with Crippen molar-refractivity contribution in [3.05, 3.63) is 29.4 Å². The maximum absolute atomic E-state index is 6.22. The van der Waals surface area contributed by atoms with Crippen molar-refractivity contribution < 1.29 is 0 Å². The Labute approximate surface area is 106 Å². The van der Waals surface area contributed by atoms with E-state index in [-0.39, 0.29) is 0 Å². The zero-order chi connectivity index (χ0) is 12.6. The van der Waals surface area contributed by atoms with Crippen LogP contribution in [0.25, 0.3) is 11.1 Å². The van der Waals surface area contributed by atoms with Crippen LogP contribution < -0.4 is 10.6 Å². The van der Waals surface area contributed by atoms with Crippen LogP contribution in [-0.4, -0.2) is 23.9 Å². The van der Waals surface area contributed by atoms with Crippen molar-refractivity contribution in [2.24, 2.45) is 7.05 Å². The number of aromatic nitrogens is 2. The Kier molecular flexibility index (Phi) is 2.98. The molecule has 1 aromatic carbocycles. The minimum Gasteiger partial charge on any atom is -0.383 e. The van der Waals surface area contributed by atoms with E-state index in [1.54, 1.807) is 10.9 Å². The lowest BCUT2D eigenvalue weighted by molar-refractivity contribution is 0.779. The molecule has 0 saturated heterocycles. The molecule has 0 spiro atoms. The van der Waals surface area contributed by atoms with Gasteiger partial charge in [-0.3, -0.25) is 4.68 Å². The van der Waals surface area contributed by atoms with Gasteiger partial charge in [-0.05, 0) is 17.7 Å². The van der Waals surface area contributed by atoms with E-state index in [2.05, 4.69) is 5.10 Å². The number of halogens is 1. The van der Waals surface area contributed by atoms with E-state index in [0.717, 1.165) is 16.8 Å². The van der Waals surface area contributed by atoms with Crippen LogP contribution in [0.4, 0.5) is 11.5 Å². The Morgan fingerprint density at radius 3 is 2.53 bits per heavy atom. The molecular weight excluding hydrogens is 236 g/mol. The van der Waals surface area contributed by atoms with Crippen molar-refractivity contribution in [1.29, 1.82) is 0 Å². The van der Waals surface area contributed by atoms with Gasteiger partial charge in [-0.25, -0.2) is 0 Å². The number of rotatable bonds is 2. The second-order valence-electron chi connectivity index (χ2n) is 4.13. The molecule has 1 aromatic heterocycles. The minimum atomic E-state index is 0.638. The Morgan fingerprint density at radius 2 is 2.06 bits per heavy atom. The highest BCUT2D eigenvalue weighted by Crippen LogP contribution is 2.32. The highest BCUT2D eigenvalue weighted by molar-refractivity contribution is 6.33. The van der Waals surface area contributed by atoms with Gasteiger partial charge in [0.1, 0.15) is 5.82 Å². The molecule has 2 rings (SSSR count). The molecule has 0 bridgehead atoms. The SMILES string of the molecule is CN(C)c1ccc(-c2cnn(C)c2N)cc1Cl. The zero-order valence-electron chi connectivity index (χ0n) is 10.1. The van der Waals surface area contributed by atoms with Gasteiger partial charge in [0.25, 0.3) is 0 Å². The number of benzene rings is 1. The van der Waals surface area contributed by atoms with Crippen molar-refractivity contribution in [2.45, 2.75) is 0 Å². The average Bonchev–Trinajstić information content (AvgIpc) is 2.59.